The molecule has 3 amide bonds. The fourth-order valence-electron chi connectivity index (χ4n) is 4.57. The summed E-state index contributed by atoms with van der Waals surface area (Å²) in [5.74, 6) is -0.813. The molecule has 0 radical (unpaired) electrons. The molecule has 1 heterocycles. The molecule has 0 saturated heterocycles. The van der Waals surface area contributed by atoms with Crippen LogP contribution < -0.4 is 15.6 Å². The molecule has 0 atom stereocenters. The number of para-hydroxylation sites is 1. The monoisotopic (exact) mass is 602 g/mol. The lowest BCUT2D eigenvalue weighted by molar-refractivity contribution is -0.116. The Morgan fingerprint density at radius 3 is 2.00 bits per heavy atom. The number of nitrogens with zero attached hydrogens (tertiary/aromatic N) is 2. The summed E-state index contributed by atoms with van der Waals surface area (Å²) in [6.07, 6.45) is 14.6. The van der Waals surface area contributed by atoms with Gasteiger partial charge >= 0.3 is 12.0 Å². The number of carbonyl (C=O) groups excluding carboxylic acids is 3. The van der Waals surface area contributed by atoms with Crippen LogP contribution in [0.2, 0.25) is 10.0 Å². The lowest BCUT2D eigenvalue weighted by atomic mass is 10.1. The molecule has 2 N–H and O–H groups in total. The predicted octanol–water partition coefficient (Wildman–Crippen LogP) is 8.72. The van der Waals surface area contributed by atoms with Crippen molar-refractivity contribution in [1.29, 1.82) is 0 Å². The fraction of sp³-hybridized carbons (Fsp3) is 0.484. The van der Waals surface area contributed by atoms with E-state index in [1.54, 1.807) is 24.3 Å². The highest BCUT2D eigenvalue weighted by Crippen LogP contribution is 2.37. The maximum Gasteiger partial charge on any atom is 0.338 e. The molecule has 0 saturated carbocycles. The van der Waals surface area contributed by atoms with E-state index in [0.717, 1.165) is 24.3 Å². The lowest BCUT2D eigenvalue weighted by Crippen LogP contribution is -2.33. The fourth-order valence-corrected chi connectivity index (χ4v) is 5.21. The van der Waals surface area contributed by atoms with Gasteiger partial charge in [0, 0.05) is 5.69 Å². The molecule has 0 bridgehead atoms. The van der Waals surface area contributed by atoms with Crippen LogP contribution in [0.25, 0.3) is 0 Å². The van der Waals surface area contributed by atoms with Crippen molar-refractivity contribution in [3.05, 3.63) is 58.1 Å². The van der Waals surface area contributed by atoms with Crippen molar-refractivity contribution in [2.45, 2.75) is 90.4 Å². The maximum absolute atomic E-state index is 12.6. The first-order valence-corrected chi connectivity index (χ1v) is 15.3. The Hall–Kier alpha value is -3.10. The molecule has 0 fully saturated rings. The number of unbranched alkanes of at least 4 members (excludes halogenated alkanes) is 11. The Bertz CT molecular complexity index is 1170. The topological polar surface area (TPSA) is 100 Å². The first-order chi connectivity index (χ1) is 19.9. The number of hydrogen-bond acceptors (Lipinski definition) is 5. The van der Waals surface area contributed by atoms with E-state index in [0.29, 0.717) is 12.3 Å². The molecular weight excluding hydrogens is 563 g/mol. The summed E-state index contributed by atoms with van der Waals surface area (Å²) in [6, 6.07) is 11.2. The summed E-state index contributed by atoms with van der Waals surface area (Å²) in [7, 11) is 0. The lowest BCUT2D eigenvalue weighted by Gasteiger charge is -2.16. The van der Waals surface area contributed by atoms with Crippen molar-refractivity contribution in [1.82, 2.24) is 5.32 Å². The molecule has 0 unspecified atom stereocenters. The van der Waals surface area contributed by atoms with Crippen LogP contribution in [-0.4, -0.2) is 30.4 Å². The Morgan fingerprint density at radius 1 is 0.854 bits per heavy atom. The Kier molecular flexibility index (Phi) is 14.0. The predicted molar refractivity (Wildman–Crippen MR) is 166 cm³/mol. The van der Waals surface area contributed by atoms with Crippen molar-refractivity contribution < 1.29 is 19.1 Å². The quantitative estimate of drug-likeness (QED) is 0.148. The van der Waals surface area contributed by atoms with Crippen molar-refractivity contribution >= 4 is 58.3 Å². The van der Waals surface area contributed by atoms with Gasteiger partial charge in [-0.25, -0.2) is 9.59 Å². The van der Waals surface area contributed by atoms with Crippen LogP contribution in [0.1, 0.15) is 101 Å². The first kappa shape index (κ1) is 32.4. The minimum Gasteiger partial charge on any atom is -0.462 e. The number of hydrazone groups is 1. The van der Waals surface area contributed by atoms with Crippen LogP contribution in [-0.2, 0) is 9.53 Å². The van der Waals surface area contributed by atoms with Gasteiger partial charge in [-0.05, 0) is 30.7 Å². The van der Waals surface area contributed by atoms with E-state index >= 15 is 0 Å². The van der Waals surface area contributed by atoms with E-state index in [1.165, 1.54) is 69.9 Å². The zero-order valence-corrected chi connectivity index (χ0v) is 25.2. The van der Waals surface area contributed by atoms with Crippen LogP contribution in [0, 0.1) is 0 Å². The van der Waals surface area contributed by atoms with Gasteiger partial charge in [-0.3, -0.25) is 10.1 Å². The Morgan fingerprint density at radius 2 is 1.41 bits per heavy atom. The zero-order valence-electron chi connectivity index (χ0n) is 23.7. The van der Waals surface area contributed by atoms with Gasteiger partial charge in [0.1, 0.15) is 11.5 Å². The molecule has 8 nitrogen and oxygen atoms in total. The Balaban J connectivity index is 1.40. The number of carbonyl (C=O) groups is 3. The minimum atomic E-state index is -0.534. The normalized spacial score (nSPS) is 12.8. The average Bonchev–Trinajstić information content (AvgIpc) is 3.30. The smallest absolute Gasteiger partial charge is 0.338 e. The number of amidine groups is 1. The number of benzene rings is 2. The zero-order chi connectivity index (χ0) is 29.5. The Labute approximate surface area is 252 Å². The van der Waals surface area contributed by atoms with Crippen LogP contribution in [0.5, 0.6) is 0 Å². The third-order valence-electron chi connectivity index (χ3n) is 6.76. The summed E-state index contributed by atoms with van der Waals surface area (Å²) in [4.78, 5) is 37.5. The second-order valence-corrected chi connectivity index (χ2v) is 11.0. The van der Waals surface area contributed by atoms with Crippen LogP contribution >= 0.6 is 23.2 Å². The highest BCUT2D eigenvalue weighted by molar-refractivity contribution is 6.40. The molecule has 2 aromatic rings. The largest absolute Gasteiger partial charge is 0.462 e. The minimum absolute atomic E-state index is 0.0712. The third kappa shape index (κ3) is 11.0. The molecule has 222 valence electrons. The number of nitrogens with one attached hydrogen (secondary N) is 2. The molecule has 10 heteroatoms. The summed E-state index contributed by atoms with van der Waals surface area (Å²) >= 11 is 12.8. The first-order valence-electron chi connectivity index (χ1n) is 14.6. The maximum atomic E-state index is 12.6. The second-order valence-electron chi connectivity index (χ2n) is 10.2. The molecule has 41 heavy (non-hydrogen) atoms. The van der Waals surface area contributed by atoms with Gasteiger partial charge < -0.3 is 10.1 Å². The van der Waals surface area contributed by atoms with Crippen LogP contribution in [0.4, 0.5) is 16.2 Å². The molecule has 3 rings (SSSR count). The van der Waals surface area contributed by atoms with E-state index in [1.807, 2.05) is 6.07 Å². The molecule has 1 aliphatic rings. The van der Waals surface area contributed by atoms with E-state index in [-0.39, 0.29) is 33.6 Å². The van der Waals surface area contributed by atoms with Crippen molar-refractivity contribution in [2.24, 2.45) is 5.10 Å². The van der Waals surface area contributed by atoms with Gasteiger partial charge in [0.15, 0.2) is 0 Å². The molecule has 0 aromatic heterocycles. The van der Waals surface area contributed by atoms with E-state index in [4.69, 9.17) is 27.9 Å². The number of urea groups is 1. The van der Waals surface area contributed by atoms with Gasteiger partial charge in [0.25, 0.3) is 5.91 Å². The molecule has 2 aromatic carbocycles. The van der Waals surface area contributed by atoms with Gasteiger partial charge in [-0.2, -0.15) is 10.1 Å². The summed E-state index contributed by atoms with van der Waals surface area (Å²) in [6.45, 7) is 2.56. The van der Waals surface area contributed by atoms with Crippen molar-refractivity contribution in [3.63, 3.8) is 0 Å². The number of halogens is 2. The van der Waals surface area contributed by atoms with Gasteiger partial charge in [-0.1, -0.05) is 119 Å². The third-order valence-corrected chi connectivity index (χ3v) is 7.34. The van der Waals surface area contributed by atoms with Crippen molar-refractivity contribution in [2.75, 3.05) is 16.9 Å². The van der Waals surface area contributed by atoms with Crippen molar-refractivity contribution in [3.8, 4) is 0 Å². The molecule has 0 aliphatic carbocycles. The van der Waals surface area contributed by atoms with Gasteiger partial charge in [0.05, 0.1) is 28.6 Å². The van der Waals surface area contributed by atoms with Gasteiger partial charge in [0.2, 0.25) is 0 Å². The number of esters is 1. The summed E-state index contributed by atoms with van der Waals surface area (Å²) in [5, 5.41) is 10.6. The van der Waals surface area contributed by atoms with Crippen LogP contribution in [0.3, 0.4) is 0 Å². The van der Waals surface area contributed by atoms with E-state index in [2.05, 4.69) is 22.7 Å². The van der Waals surface area contributed by atoms with E-state index in [9.17, 15) is 14.4 Å². The second kappa shape index (κ2) is 17.7. The molecular formula is C31H40Cl2N4O4. The number of anilines is 2. The molecule has 0 spiro atoms. The summed E-state index contributed by atoms with van der Waals surface area (Å²) in [5.41, 5.74) is 0.925. The van der Waals surface area contributed by atoms with Gasteiger partial charge in [-0.15, -0.1) is 0 Å². The van der Waals surface area contributed by atoms with Crippen LogP contribution in [0.15, 0.2) is 47.6 Å². The highest BCUT2D eigenvalue weighted by Gasteiger charge is 2.30. The standard InChI is InChI=1S/C31H40Cl2N4O4/c1-2-3-4-5-6-7-8-9-10-11-12-16-19-41-30(39)23-20-25(32)29(26(33)21-23)37-28(38)22-27(36-37)35-31(40)34-24-17-14-13-15-18-24/h13-15,17-18,20-21H,2-12,16,19,22H2,1H3,(H2,34,35,36,40). The average molecular weight is 604 g/mol. The highest BCUT2D eigenvalue weighted by atomic mass is 35.5. The number of hydrogen-bond donors (Lipinski definition) is 2. The number of amides is 3. The van der Waals surface area contributed by atoms with E-state index < -0.39 is 17.9 Å². The number of rotatable bonds is 16. The summed E-state index contributed by atoms with van der Waals surface area (Å²) < 4.78 is 5.41. The molecule has 1 aliphatic heterocycles. The SMILES string of the molecule is CCCCCCCCCCCCCCOC(=O)c1cc(Cl)c(N2N=C(NC(=O)Nc3ccccc3)CC2=O)c(Cl)c1. The number of ether oxygens (including phenoxy) is 1.